The van der Waals surface area contributed by atoms with Gasteiger partial charge in [0, 0.05) is 17.7 Å². The Labute approximate surface area is 147 Å². The quantitative estimate of drug-likeness (QED) is 0.795. The Morgan fingerprint density at radius 2 is 2.12 bits per heavy atom. The summed E-state index contributed by atoms with van der Waals surface area (Å²) in [5.41, 5.74) is 2.47. The highest BCUT2D eigenvalue weighted by Gasteiger charge is 2.12. The number of hydrogen-bond donors (Lipinski definition) is 1. The number of aromatic nitrogens is 1. The van der Waals surface area contributed by atoms with E-state index in [0.29, 0.717) is 41.8 Å². The number of carbonyl (C=O) groups is 1. The van der Waals surface area contributed by atoms with Gasteiger partial charge in [-0.05, 0) is 44.4 Å². The number of benzene rings is 1. The normalized spacial score (nSPS) is 10.9. The zero-order valence-electron chi connectivity index (χ0n) is 14.5. The first-order valence-electron chi connectivity index (χ1n) is 8.00. The van der Waals surface area contributed by atoms with E-state index < -0.39 is 0 Å². The van der Waals surface area contributed by atoms with E-state index in [1.807, 2.05) is 13.8 Å². The highest BCUT2D eigenvalue weighted by Crippen LogP contribution is 2.28. The van der Waals surface area contributed by atoms with Crippen LogP contribution in [0.3, 0.4) is 0 Å². The molecule has 0 aliphatic carbocycles. The molecule has 1 aromatic carbocycles. The Bertz CT molecular complexity index is 691. The monoisotopic (exact) mass is 350 g/mol. The summed E-state index contributed by atoms with van der Waals surface area (Å²) in [7, 11) is 0. The maximum atomic E-state index is 12.1. The highest BCUT2D eigenvalue weighted by atomic mass is 35.5. The lowest BCUT2D eigenvalue weighted by molar-refractivity contribution is -0.116. The molecule has 0 saturated carbocycles. The number of rotatable bonds is 7. The molecule has 1 N–H and O–H groups in total. The number of nitrogens with one attached hydrogen (secondary N) is 1. The van der Waals surface area contributed by atoms with Crippen molar-refractivity contribution in [3.63, 3.8) is 0 Å². The van der Waals surface area contributed by atoms with E-state index in [9.17, 15) is 4.79 Å². The standard InChI is InChI=1S/C18H23ClN2O3/c1-11(2)10-23-17-7-5-14(9-16(17)19)20-18(22)8-6-15-12(3)21-24-13(15)4/h5,7,9,11H,6,8,10H2,1-4H3,(H,20,22). The van der Waals surface area contributed by atoms with Gasteiger partial charge in [0.2, 0.25) is 5.91 Å². The van der Waals surface area contributed by atoms with E-state index >= 15 is 0 Å². The fourth-order valence-electron chi connectivity index (χ4n) is 2.27. The first-order valence-corrected chi connectivity index (χ1v) is 8.38. The smallest absolute Gasteiger partial charge is 0.224 e. The number of anilines is 1. The van der Waals surface area contributed by atoms with Gasteiger partial charge in [0.25, 0.3) is 0 Å². The zero-order valence-corrected chi connectivity index (χ0v) is 15.2. The number of aryl methyl sites for hydroxylation is 2. The molecule has 5 nitrogen and oxygen atoms in total. The molecule has 0 bridgehead atoms. The Hall–Kier alpha value is -2.01. The maximum absolute atomic E-state index is 12.1. The summed E-state index contributed by atoms with van der Waals surface area (Å²) < 4.78 is 10.7. The number of amides is 1. The van der Waals surface area contributed by atoms with Crippen LogP contribution in [0.4, 0.5) is 5.69 Å². The van der Waals surface area contributed by atoms with E-state index in [2.05, 4.69) is 24.3 Å². The van der Waals surface area contributed by atoms with Gasteiger partial charge in [-0.25, -0.2) is 0 Å². The summed E-state index contributed by atoms with van der Waals surface area (Å²) >= 11 is 6.20. The number of ether oxygens (including phenoxy) is 1. The molecule has 0 saturated heterocycles. The molecular formula is C18H23ClN2O3. The second kappa shape index (κ2) is 8.20. The first kappa shape index (κ1) is 18.3. The van der Waals surface area contributed by atoms with Crippen molar-refractivity contribution >= 4 is 23.2 Å². The van der Waals surface area contributed by atoms with Crippen LogP contribution in [-0.4, -0.2) is 17.7 Å². The van der Waals surface area contributed by atoms with E-state index in [-0.39, 0.29) is 5.91 Å². The second-order valence-electron chi connectivity index (χ2n) is 6.20. The van der Waals surface area contributed by atoms with Crippen LogP contribution in [0.15, 0.2) is 22.7 Å². The van der Waals surface area contributed by atoms with Crippen molar-refractivity contribution in [2.75, 3.05) is 11.9 Å². The molecule has 0 unspecified atom stereocenters. The molecule has 0 aliphatic heterocycles. The summed E-state index contributed by atoms with van der Waals surface area (Å²) in [6.45, 7) is 8.47. The minimum absolute atomic E-state index is 0.0816. The van der Waals surface area contributed by atoms with Gasteiger partial charge < -0.3 is 14.6 Å². The molecule has 1 heterocycles. The molecule has 2 rings (SSSR count). The second-order valence-corrected chi connectivity index (χ2v) is 6.61. The first-order chi connectivity index (χ1) is 11.4. The average molecular weight is 351 g/mol. The van der Waals surface area contributed by atoms with Gasteiger partial charge in [0.1, 0.15) is 11.5 Å². The SMILES string of the molecule is Cc1noc(C)c1CCC(=O)Nc1ccc(OCC(C)C)c(Cl)c1. The van der Waals surface area contributed by atoms with Gasteiger partial charge in [0.05, 0.1) is 17.3 Å². The van der Waals surface area contributed by atoms with Gasteiger partial charge in [-0.1, -0.05) is 30.6 Å². The van der Waals surface area contributed by atoms with Crippen molar-refractivity contribution in [2.24, 2.45) is 5.92 Å². The van der Waals surface area contributed by atoms with E-state index in [1.54, 1.807) is 18.2 Å². The molecule has 0 radical (unpaired) electrons. The summed E-state index contributed by atoms with van der Waals surface area (Å²) in [6.07, 6.45) is 0.947. The van der Waals surface area contributed by atoms with Crippen molar-refractivity contribution in [2.45, 2.75) is 40.5 Å². The minimum Gasteiger partial charge on any atom is -0.492 e. The van der Waals surface area contributed by atoms with Crippen LogP contribution >= 0.6 is 11.6 Å². The zero-order chi connectivity index (χ0) is 17.7. The van der Waals surface area contributed by atoms with Crippen molar-refractivity contribution in [1.82, 2.24) is 5.16 Å². The number of carbonyl (C=O) groups excluding carboxylic acids is 1. The van der Waals surface area contributed by atoms with Crippen LogP contribution in [-0.2, 0) is 11.2 Å². The molecule has 1 aromatic heterocycles. The van der Waals surface area contributed by atoms with Crippen molar-refractivity contribution in [3.8, 4) is 5.75 Å². The predicted octanol–water partition coefficient (Wildman–Crippen LogP) is 4.55. The maximum Gasteiger partial charge on any atom is 0.224 e. The molecule has 2 aromatic rings. The molecule has 0 fully saturated rings. The fourth-order valence-corrected chi connectivity index (χ4v) is 2.51. The van der Waals surface area contributed by atoms with Crippen LogP contribution in [0.25, 0.3) is 0 Å². The van der Waals surface area contributed by atoms with Crippen molar-refractivity contribution in [1.29, 1.82) is 0 Å². The van der Waals surface area contributed by atoms with Gasteiger partial charge in [-0.2, -0.15) is 0 Å². The van der Waals surface area contributed by atoms with Gasteiger partial charge in [0.15, 0.2) is 0 Å². The van der Waals surface area contributed by atoms with E-state index in [4.69, 9.17) is 20.9 Å². The molecule has 0 atom stereocenters. The number of nitrogens with zero attached hydrogens (tertiary/aromatic N) is 1. The minimum atomic E-state index is -0.0816. The molecule has 0 spiro atoms. The molecule has 0 aliphatic rings. The summed E-state index contributed by atoms with van der Waals surface area (Å²) in [6, 6.07) is 5.26. The topological polar surface area (TPSA) is 64.4 Å². The van der Waals surface area contributed by atoms with Gasteiger partial charge >= 0.3 is 0 Å². The van der Waals surface area contributed by atoms with Gasteiger partial charge in [-0.3, -0.25) is 4.79 Å². The average Bonchev–Trinajstić information content (AvgIpc) is 2.83. The van der Waals surface area contributed by atoms with Crippen LogP contribution in [0.2, 0.25) is 5.02 Å². The third kappa shape index (κ3) is 4.99. The van der Waals surface area contributed by atoms with Crippen LogP contribution in [0.1, 0.15) is 37.3 Å². The third-order valence-corrected chi connectivity index (χ3v) is 3.87. The lowest BCUT2D eigenvalue weighted by Crippen LogP contribution is -2.13. The Kier molecular flexibility index (Phi) is 6.26. The largest absolute Gasteiger partial charge is 0.492 e. The summed E-state index contributed by atoms with van der Waals surface area (Å²) in [4.78, 5) is 12.1. The Balaban J connectivity index is 1.91. The lowest BCUT2D eigenvalue weighted by atomic mass is 10.1. The van der Waals surface area contributed by atoms with Crippen LogP contribution in [0.5, 0.6) is 5.75 Å². The highest BCUT2D eigenvalue weighted by molar-refractivity contribution is 6.32. The predicted molar refractivity (Wildman–Crippen MR) is 94.7 cm³/mol. The van der Waals surface area contributed by atoms with Crippen molar-refractivity contribution in [3.05, 3.63) is 40.2 Å². The van der Waals surface area contributed by atoms with Crippen LogP contribution in [0, 0.1) is 19.8 Å². The Morgan fingerprint density at radius 1 is 1.38 bits per heavy atom. The van der Waals surface area contributed by atoms with Crippen molar-refractivity contribution < 1.29 is 14.1 Å². The molecular weight excluding hydrogens is 328 g/mol. The summed E-state index contributed by atoms with van der Waals surface area (Å²) in [5.74, 6) is 1.72. The third-order valence-electron chi connectivity index (χ3n) is 3.57. The summed E-state index contributed by atoms with van der Waals surface area (Å²) in [5, 5.41) is 7.22. The molecule has 130 valence electrons. The van der Waals surface area contributed by atoms with E-state index in [0.717, 1.165) is 17.0 Å². The lowest BCUT2D eigenvalue weighted by Gasteiger charge is -2.12. The number of hydrogen-bond acceptors (Lipinski definition) is 4. The molecule has 24 heavy (non-hydrogen) atoms. The van der Waals surface area contributed by atoms with Gasteiger partial charge in [-0.15, -0.1) is 0 Å². The van der Waals surface area contributed by atoms with Crippen LogP contribution < -0.4 is 10.1 Å². The molecule has 1 amide bonds. The number of halogens is 1. The van der Waals surface area contributed by atoms with E-state index in [1.165, 1.54) is 0 Å². The molecule has 6 heteroatoms. The Morgan fingerprint density at radius 3 is 2.71 bits per heavy atom. The fraction of sp³-hybridized carbons (Fsp3) is 0.444.